The van der Waals surface area contributed by atoms with Crippen molar-refractivity contribution < 1.29 is 5.11 Å². The summed E-state index contributed by atoms with van der Waals surface area (Å²) in [6.07, 6.45) is 0.817. The SMILES string of the molecule is C[C@@H](c1cccs1)N1CC[C@H](O)C1. The Morgan fingerprint density at radius 2 is 2.54 bits per heavy atom. The van der Waals surface area contributed by atoms with E-state index in [1.807, 2.05) is 0 Å². The number of aliphatic hydroxyl groups excluding tert-OH is 1. The van der Waals surface area contributed by atoms with E-state index in [9.17, 15) is 5.11 Å². The Balaban J connectivity index is 2.02. The topological polar surface area (TPSA) is 23.5 Å². The summed E-state index contributed by atoms with van der Waals surface area (Å²) in [4.78, 5) is 3.74. The molecule has 72 valence electrons. The second kappa shape index (κ2) is 3.78. The second-order valence-electron chi connectivity index (χ2n) is 3.63. The Bertz CT molecular complexity index is 260. The van der Waals surface area contributed by atoms with Gasteiger partial charge in [0.2, 0.25) is 0 Å². The lowest BCUT2D eigenvalue weighted by Gasteiger charge is -2.22. The number of hydrogen-bond acceptors (Lipinski definition) is 3. The molecule has 2 rings (SSSR count). The molecule has 0 amide bonds. The fraction of sp³-hybridized carbons (Fsp3) is 0.600. The summed E-state index contributed by atoms with van der Waals surface area (Å²) in [5, 5.41) is 11.5. The first kappa shape index (κ1) is 9.19. The summed E-state index contributed by atoms with van der Waals surface area (Å²) in [6.45, 7) is 4.07. The maximum absolute atomic E-state index is 9.41. The summed E-state index contributed by atoms with van der Waals surface area (Å²) >= 11 is 1.80. The van der Waals surface area contributed by atoms with Crippen molar-refractivity contribution in [3.05, 3.63) is 22.4 Å². The largest absolute Gasteiger partial charge is 0.392 e. The molecular weight excluding hydrogens is 182 g/mol. The van der Waals surface area contributed by atoms with E-state index in [-0.39, 0.29) is 6.10 Å². The molecule has 0 radical (unpaired) electrons. The minimum Gasteiger partial charge on any atom is -0.392 e. The van der Waals surface area contributed by atoms with Gasteiger partial charge in [0.15, 0.2) is 0 Å². The minimum atomic E-state index is -0.109. The van der Waals surface area contributed by atoms with Crippen LogP contribution in [-0.4, -0.2) is 29.2 Å². The zero-order valence-electron chi connectivity index (χ0n) is 7.81. The van der Waals surface area contributed by atoms with E-state index in [1.165, 1.54) is 4.88 Å². The molecule has 0 saturated carbocycles. The van der Waals surface area contributed by atoms with Crippen LogP contribution in [0.2, 0.25) is 0 Å². The van der Waals surface area contributed by atoms with Gasteiger partial charge in [0.1, 0.15) is 0 Å². The highest BCUT2D eigenvalue weighted by molar-refractivity contribution is 7.10. The molecule has 13 heavy (non-hydrogen) atoms. The normalized spacial score (nSPS) is 26.5. The number of hydrogen-bond donors (Lipinski definition) is 1. The molecule has 2 heterocycles. The van der Waals surface area contributed by atoms with Crippen molar-refractivity contribution in [3.8, 4) is 0 Å². The predicted octanol–water partition coefficient (Wildman–Crippen LogP) is 1.88. The summed E-state index contributed by atoms with van der Waals surface area (Å²) in [6, 6.07) is 4.72. The molecule has 1 N–H and O–H groups in total. The number of thiophene rings is 1. The predicted molar refractivity (Wildman–Crippen MR) is 54.9 cm³/mol. The fourth-order valence-corrected chi connectivity index (χ4v) is 2.65. The maximum atomic E-state index is 9.41. The third-order valence-electron chi connectivity index (χ3n) is 2.70. The van der Waals surface area contributed by atoms with Gasteiger partial charge in [0.25, 0.3) is 0 Å². The molecule has 0 bridgehead atoms. The number of aliphatic hydroxyl groups is 1. The van der Waals surface area contributed by atoms with Crippen molar-refractivity contribution in [2.75, 3.05) is 13.1 Å². The van der Waals surface area contributed by atoms with Crippen LogP contribution in [-0.2, 0) is 0 Å². The molecule has 1 saturated heterocycles. The molecule has 1 aromatic heterocycles. The standard InChI is InChI=1S/C10H15NOS/c1-8(10-3-2-6-13-10)11-5-4-9(12)7-11/h2-3,6,8-9,12H,4-5,7H2,1H3/t8-,9-/m0/s1. The quantitative estimate of drug-likeness (QED) is 0.782. The average molecular weight is 197 g/mol. The van der Waals surface area contributed by atoms with Gasteiger partial charge in [-0.3, -0.25) is 4.90 Å². The van der Waals surface area contributed by atoms with E-state index >= 15 is 0 Å². The smallest absolute Gasteiger partial charge is 0.0679 e. The van der Waals surface area contributed by atoms with Crippen LogP contribution in [0.3, 0.4) is 0 Å². The summed E-state index contributed by atoms with van der Waals surface area (Å²) in [5.74, 6) is 0. The van der Waals surface area contributed by atoms with Crippen LogP contribution in [0.1, 0.15) is 24.3 Å². The van der Waals surface area contributed by atoms with Crippen molar-refractivity contribution in [2.24, 2.45) is 0 Å². The number of nitrogens with zero attached hydrogens (tertiary/aromatic N) is 1. The van der Waals surface area contributed by atoms with E-state index in [2.05, 4.69) is 29.3 Å². The maximum Gasteiger partial charge on any atom is 0.0679 e. The first-order valence-corrected chi connectivity index (χ1v) is 5.61. The lowest BCUT2D eigenvalue weighted by Crippen LogP contribution is -2.24. The van der Waals surface area contributed by atoms with Gasteiger partial charge in [-0.05, 0) is 24.8 Å². The molecule has 2 nitrogen and oxygen atoms in total. The molecule has 1 aliphatic heterocycles. The third kappa shape index (κ3) is 1.93. The molecule has 2 atom stereocenters. The van der Waals surface area contributed by atoms with Gasteiger partial charge in [0, 0.05) is 24.0 Å². The van der Waals surface area contributed by atoms with Crippen molar-refractivity contribution in [3.63, 3.8) is 0 Å². The van der Waals surface area contributed by atoms with Gasteiger partial charge in [-0.1, -0.05) is 6.07 Å². The van der Waals surface area contributed by atoms with E-state index in [0.29, 0.717) is 6.04 Å². The van der Waals surface area contributed by atoms with Crippen LogP contribution >= 0.6 is 11.3 Å². The second-order valence-corrected chi connectivity index (χ2v) is 4.61. The molecule has 1 aliphatic rings. The Hall–Kier alpha value is -0.380. The lowest BCUT2D eigenvalue weighted by molar-refractivity contribution is 0.164. The number of likely N-dealkylation sites (tertiary alicyclic amines) is 1. The minimum absolute atomic E-state index is 0.109. The van der Waals surface area contributed by atoms with Crippen molar-refractivity contribution >= 4 is 11.3 Å². The first-order chi connectivity index (χ1) is 6.27. The van der Waals surface area contributed by atoms with Gasteiger partial charge in [-0.2, -0.15) is 0 Å². The van der Waals surface area contributed by atoms with E-state index in [4.69, 9.17) is 0 Å². The third-order valence-corrected chi connectivity index (χ3v) is 3.74. The molecule has 0 spiro atoms. The molecule has 0 unspecified atom stereocenters. The van der Waals surface area contributed by atoms with Gasteiger partial charge < -0.3 is 5.11 Å². The van der Waals surface area contributed by atoms with Crippen molar-refractivity contribution in [1.29, 1.82) is 0 Å². The Labute approximate surface area is 82.8 Å². The Morgan fingerprint density at radius 1 is 1.69 bits per heavy atom. The molecular formula is C10H15NOS. The van der Waals surface area contributed by atoms with Crippen molar-refractivity contribution in [1.82, 2.24) is 4.90 Å². The zero-order valence-corrected chi connectivity index (χ0v) is 8.63. The monoisotopic (exact) mass is 197 g/mol. The van der Waals surface area contributed by atoms with Crippen LogP contribution < -0.4 is 0 Å². The van der Waals surface area contributed by atoms with Gasteiger partial charge >= 0.3 is 0 Å². The van der Waals surface area contributed by atoms with Gasteiger partial charge in [0.05, 0.1) is 6.10 Å². The van der Waals surface area contributed by atoms with Crippen LogP contribution in [0.25, 0.3) is 0 Å². The molecule has 3 heteroatoms. The van der Waals surface area contributed by atoms with Gasteiger partial charge in [-0.25, -0.2) is 0 Å². The highest BCUT2D eigenvalue weighted by atomic mass is 32.1. The first-order valence-electron chi connectivity index (χ1n) is 4.73. The highest BCUT2D eigenvalue weighted by Crippen LogP contribution is 2.27. The van der Waals surface area contributed by atoms with Crippen LogP contribution in [0.5, 0.6) is 0 Å². The van der Waals surface area contributed by atoms with Crippen LogP contribution in [0.15, 0.2) is 17.5 Å². The van der Waals surface area contributed by atoms with Crippen molar-refractivity contribution in [2.45, 2.75) is 25.5 Å². The molecule has 0 aromatic carbocycles. The van der Waals surface area contributed by atoms with E-state index in [1.54, 1.807) is 11.3 Å². The fourth-order valence-electron chi connectivity index (χ4n) is 1.83. The Morgan fingerprint density at radius 3 is 3.08 bits per heavy atom. The summed E-state index contributed by atoms with van der Waals surface area (Å²) in [7, 11) is 0. The highest BCUT2D eigenvalue weighted by Gasteiger charge is 2.25. The molecule has 1 fully saturated rings. The lowest BCUT2D eigenvalue weighted by atomic mass is 10.2. The van der Waals surface area contributed by atoms with Crippen LogP contribution in [0, 0.1) is 0 Å². The van der Waals surface area contributed by atoms with Crippen LogP contribution in [0.4, 0.5) is 0 Å². The number of β-amino-alcohol motifs (C(OH)–C–C–N with tert-alkyl or cyclic N) is 1. The summed E-state index contributed by atoms with van der Waals surface area (Å²) < 4.78 is 0. The van der Waals surface area contributed by atoms with Gasteiger partial charge in [-0.15, -0.1) is 11.3 Å². The van der Waals surface area contributed by atoms with E-state index < -0.39 is 0 Å². The molecule has 1 aromatic rings. The molecule has 0 aliphatic carbocycles. The Kier molecular flexibility index (Phi) is 2.67. The van der Waals surface area contributed by atoms with E-state index in [0.717, 1.165) is 19.5 Å². The zero-order chi connectivity index (χ0) is 9.26. The summed E-state index contributed by atoms with van der Waals surface area (Å²) in [5.41, 5.74) is 0. The average Bonchev–Trinajstić information content (AvgIpc) is 2.72. The number of rotatable bonds is 2.